The molecular weight excluding hydrogens is 172 g/mol. The molecule has 1 aliphatic heterocycles. The fourth-order valence-electron chi connectivity index (χ4n) is 3.20. The normalized spacial score (nSPS) is 30.2. The van der Waals surface area contributed by atoms with Gasteiger partial charge in [0, 0.05) is 12.1 Å². The summed E-state index contributed by atoms with van der Waals surface area (Å²) >= 11 is 0. The zero-order valence-electron chi connectivity index (χ0n) is 9.47. The number of hydrogen-bond donors (Lipinski definition) is 1. The number of likely N-dealkylation sites (tertiary alicyclic amines) is 1. The Balaban J connectivity index is 1.82. The molecule has 0 bridgehead atoms. The molecule has 2 nitrogen and oxygen atoms in total. The van der Waals surface area contributed by atoms with Gasteiger partial charge in [0.1, 0.15) is 0 Å². The van der Waals surface area contributed by atoms with Crippen molar-refractivity contribution in [2.45, 2.75) is 57.0 Å². The molecule has 2 aliphatic rings. The molecule has 1 unspecified atom stereocenters. The zero-order chi connectivity index (χ0) is 9.80. The van der Waals surface area contributed by atoms with E-state index >= 15 is 0 Å². The smallest absolute Gasteiger partial charge is 0.0111 e. The van der Waals surface area contributed by atoms with E-state index in [1.807, 2.05) is 0 Å². The minimum atomic E-state index is 0.894. The third-order valence-electron chi connectivity index (χ3n) is 3.94. The lowest BCUT2D eigenvalue weighted by Crippen LogP contribution is -2.38. The van der Waals surface area contributed by atoms with Crippen molar-refractivity contribution in [1.29, 1.82) is 0 Å². The number of rotatable bonds is 4. The van der Waals surface area contributed by atoms with Crippen LogP contribution in [0.4, 0.5) is 0 Å². The molecule has 0 aromatic carbocycles. The summed E-state index contributed by atoms with van der Waals surface area (Å²) in [6.07, 6.45) is 10.1. The lowest BCUT2D eigenvalue weighted by molar-refractivity contribution is 0.174. The molecule has 0 aromatic rings. The maximum atomic E-state index is 3.28. The van der Waals surface area contributed by atoms with E-state index in [0.717, 1.165) is 12.1 Å². The highest BCUT2D eigenvalue weighted by atomic mass is 15.2. The molecule has 0 aromatic heterocycles. The average Bonchev–Trinajstić information content (AvgIpc) is 2.84. The van der Waals surface area contributed by atoms with E-state index in [2.05, 4.69) is 17.3 Å². The summed E-state index contributed by atoms with van der Waals surface area (Å²) < 4.78 is 0. The molecule has 0 amide bonds. The second kappa shape index (κ2) is 5.13. The van der Waals surface area contributed by atoms with Crippen LogP contribution in [0, 0.1) is 0 Å². The number of hydrogen-bond acceptors (Lipinski definition) is 2. The van der Waals surface area contributed by atoms with Crippen LogP contribution in [0.25, 0.3) is 0 Å². The lowest BCUT2D eigenvalue weighted by Gasteiger charge is -2.30. The van der Waals surface area contributed by atoms with Gasteiger partial charge in [0.25, 0.3) is 0 Å². The molecule has 1 aliphatic carbocycles. The third kappa shape index (κ3) is 2.29. The molecule has 2 rings (SSSR count). The van der Waals surface area contributed by atoms with E-state index in [9.17, 15) is 0 Å². The fraction of sp³-hybridized carbons (Fsp3) is 1.00. The average molecular weight is 196 g/mol. The van der Waals surface area contributed by atoms with Gasteiger partial charge in [0.05, 0.1) is 0 Å². The molecule has 14 heavy (non-hydrogen) atoms. The van der Waals surface area contributed by atoms with Gasteiger partial charge in [-0.2, -0.15) is 0 Å². The minimum absolute atomic E-state index is 0.894. The van der Waals surface area contributed by atoms with Crippen LogP contribution in [0.1, 0.15) is 44.9 Å². The van der Waals surface area contributed by atoms with Crippen molar-refractivity contribution in [3.63, 3.8) is 0 Å². The van der Waals surface area contributed by atoms with Crippen molar-refractivity contribution in [2.75, 3.05) is 20.1 Å². The van der Waals surface area contributed by atoms with Crippen molar-refractivity contribution < 1.29 is 0 Å². The van der Waals surface area contributed by atoms with Crippen LogP contribution in [-0.4, -0.2) is 37.1 Å². The molecule has 1 heterocycles. The third-order valence-corrected chi connectivity index (χ3v) is 3.94. The van der Waals surface area contributed by atoms with Gasteiger partial charge in [-0.1, -0.05) is 12.8 Å². The summed E-state index contributed by atoms with van der Waals surface area (Å²) in [5.41, 5.74) is 0. The van der Waals surface area contributed by atoms with Gasteiger partial charge in [0.2, 0.25) is 0 Å². The molecule has 1 saturated heterocycles. The summed E-state index contributed by atoms with van der Waals surface area (Å²) in [5.74, 6) is 0. The van der Waals surface area contributed by atoms with Gasteiger partial charge >= 0.3 is 0 Å². The second-order valence-corrected chi connectivity index (χ2v) is 4.86. The first-order chi connectivity index (χ1) is 6.92. The second-order valence-electron chi connectivity index (χ2n) is 4.86. The standard InChI is InChI=1S/C12H24N2/c1-13-9-8-12-7-4-10-14(12)11-5-2-3-6-11/h11-13H,2-10H2,1H3. The first kappa shape index (κ1) is 10.4. The van der Waals surface area contributed by atoms with E-state index in [1.165, 1.54) is 58.0 Å². The zero-order valence-corrected chi connectivity index (χ0v) is 9.47. The molecule has 82 valence electrons. The molecule has 1 N–H and O–H groups in total. The highest BCUT2D eigenvalue weighted by Crippen LogP contribution is 2.30. The van der Waals surface area contributed by atoms with E-state index in [-0.39, 0.29) is 0 Å². The van der Waals surface area contributed by atoms with Crippen LogP contribution in [-0.2, 0) is 0 Å². The monoisotopic (exact) mass is 196 g/mol. The van der Waals surface area contributed by atoms with Gasteiger partial charge in [-0.15, -0.1) is 0 Å². The van der Waals surface area contributed by atoms with E-state index in [0.29, 0.717) is 0 Å². The molecule has 2 fully saturated rings. The predicted octanol–water partition coefficient (Wildman–Crippen LogP) is 2.00. The number of nitrogens with zero attached hydrogens (tertiary/aromatic N) is 1. The summed E-state index contributed by atoms with van der Waals surface area (Å²) in [6.45, 7) is 2.56. The number of nitrogens with one attached hydrogen (secondary N) is 1. The molecular formula is C12H24N2. The van der Waals surface area contributed by atoms with Crippen LogP contribution >= 0.6 is 0 Å². The van der Waals surface area contributed by atoms with Gasteiger partial charge < -0.3 is 5.32 Å². The van der Waals surface area contributed by atoms with Crippen LogP contribution < -0.4 is 5.32 Å². The molecule has 1 atom stereocenters. The molecule has 1 saturated carbocycles. The highest BCUT2D eigenvalue weighted by Gasteiger charge is 2.31. The van der Waals surface area contributed by atoms with Crippen molar-refractivity contribution in [2.24, 2.45) is 0 Å². The Hall–Kier alpha value is -0.0800. The lowest BCUT2D eigenvalue weighted by atomic mass is 10.1. The van der Waals surface area contributed by atoms with E-state index in [1.54, 1.807) is 0 Å². The highest BCUT2D eigenvalue weighted by molar-refractivity contribution is 4.87. The topological polar surface area (TPSA) is 15.3 Å². The maximum Gasteiger partial charge on any atom is 0.0111 e. The molecule has 0 spiro atoms. The van der Waals surface area contributed by atoms with Gasteiger partial charge in [-0.05, 0) is 52.2 Å². The van der Waals surface area contributed by atoms with Gasteiger partial charge in [-0.25, -0.2) is 0 Å². The van der Waals surface area contributed by atoms with Crippen LogP contribution in [0.5, 0.6) is 0 Å². The van der Waals surface area contributed by atoms with E-state index in [4.69, 9.17) is 0 Å². The SMILES string of the molecule is CNCCC1CCCN1C1CCCC1. The van der Waals surface area contributed by atoms with Crippen molar-refractivity contribution in [3.05, 3.63) is 0 Å². The quantitative estimate of drug-likeness (QED) is 0.740. The van der Waals surface area contributed by atoms with Crippen molar-refractivity contribution in [1.82, 2.24) is 10.2 Å². The van der Waals surface area contributed by atoms with Gasteiger partial charge in [0.15, 0.2) is 0 Å². The Morgan fingerprint density at radius 3 is 2.64 bits per heavy atom. The van der Waals surface area contributed by atoms with Crippen molar-refractivity contribution >= 4 is 0 Å². The largest absolute Gasteiger partial charge is 0.320 e. The Morgan fingerprint density at radius 1 is 1.14 bits per heavy atom. The van der Waals surface area contributed by atoms with E-state index < -0.39 is 0 Å². The summed E-state index contributed by atoms with van der Waals surface area (Å²) in [5, 5.41) is 3.28. The first-order valence-corrected chi connectivity index (χ1v) is 6.32. The Morgan fingerprint density at radius 2 is 1.93 bits per heavy atom. The van der Waals surface area contributed by atoms with Crippen molar-refractivity contribution in [3.8, 4) is 0 Å². The van der Waals surface area contributed by atoms with Crippen LogP contribution in [0.3, 0.4) is 0 Å². The first-order valence-electron chi connectivity index (χ1n) is 6.32. The Bertz CT molecular complexity index is 164. The summed E-state index contributed by atoms with van der Waals surface area (Å²) in [7, 11) is 2.06. The summed E-state index contributed by atoms with van der Waals surface area (Å²) in [6, 6.07) is 1.84. The fourth-order valence-corrected chi connectivity index (χ4v) is 3.20. The summed E-state index contributed by atoms with van der Waals surface area (Å²) in [4.78, 5) is 2.81. The minimum Gasteiger partial charge on any atom is -0.320 e. The molecule has 0 radical (unpaired) electrons. The van der Waals surface area contributed by atoms with Crippen LogP contribution in [0.2, 0.25) is 0 Å². The maximum absolute atomic E-state index is 3.28. The van der Waals surface area contributed by atoms with Crippen LogP contribution in [0.15, 0.2) is 0 Å². The molecule has 2 heteroatoms. The van der Waals surface area contributed by atoms with Gasteiger partial charge in [-0.3, -0.25) is 4.90 Å². The Kier molecular flexibility index (Phi) is 3.82. The Labute approximate surface area is 88.1 Å². The predicted molar refractivity (Wildman–Crippen MR) is 60.5 cm³/mol.